The van der Waals surface area contributed by atoms with Gasteiger partial charge >= 0.3 is 0 Å². The molecule has 0 saturated heterocycles. The van der Waals surface area contributed by atoms with Gasteiger partial charge in [-0.15, -0.1) is 0 Å². The van der Waals surface area contributed by atoms with Crippen molar-refractivity contribution in [1.29, 1.82) is 0 Å². The van der Waals surface area contributed by atoms with Crippen molar-refractivity contribution in [2.24, 2.45) is 5.73 Å². The first kappa shape index (κ1) is 14.7. The van der Waals surface area contributed by atoms with Crippen LogP contribution in [0.3, 0.4) is 0 Å². The van der Waals surface area contributed by atoms with Gasteiger partial charge in [-0.1, -0.05) is 35.3 Å². The van der Waals surface area contributed by atoms with Crippen LogP contribution in [0.4, 0.5) is 5.69 Å². The Morgan fingerprint density at radius 2 is 1.90 bits per heavy atom. The van der Waals surface area contributed by atoms with Crippen molar-refractivity contribution >= 4 is 34.8 Å². The Morgan fingerprint density at radius 3 is 2.55 bits per heavy atom. The Hall–Kier alpha value is -1.71. The summed E-state index contributed by atoms with van der Waals surface area (Å²) in [5.74, 6) is -0.492. The lowest BCUT2D eigenvalue weighted by Crippen LogP contribution is -2.11. The van der Waals surface area contributed by atoms with E-state index >= 15 is 0 Å². The topological polar surface area (TPSA) is 55.1 Å². The minimum atomic E-state index is -0.492. The highest BCUT2D eigenvalue weighted by atomic mass is 35.5. The van der Waals surface area contributed by atoms with Gasteiger partial charge in [0.25, 0.3) is 0 Å². The highest BCUT2D eigenvalue weighted by Gasteiger charge is 2.06. The molecule has 0 aliphatic rings. The summed E-state index contributed by atoms with van der Waals surface area (Å²) in [5, 5.41) is 4.38. The fourth-order valence-electron chi connectivity index (χ4n) is 1.81. The third-order valence-corrected chi connectivity index (χ3v) is 3.61. The Labute approximate surface area is 127 Å². The van der Waals surface area contributed by atoms with E-state index in [1.807, 2.05) is 25.1 Å². The Balaban J connectivity index is 2.15. The van der Waals surface area contributed by atoms with E-state index in [-0.39, 0.29) is 0 Å². The molecule has 0 aliphatic carbocycles. The van der Waals surface area contributed by atoms with Crippen LogP contribution in [0.1, 0.15) is 21.5 Å². The number of anilines is 1. The maximum absolute atomic E-state index is 11.1. The van der Waals surface area contributed by atoms with Gasteiger partial charge in [-0.25, -0.2) is 0 Å². The van der Waals surface area contributed by atoms with Crippen LogP contribution in [-0.2, 0) is 6.54 Å². The van der Waals surface area contributed by atoms with Crippen molar-refractivity contribution in [3.8, 4) is 0 Å². The van der Waals surface area contributed by atoms with Crippen molar-refractivity contribution < 1.29 is 4.79 Å². The third-order valence-electron chi connectivity index (χ3n) is 2.93. The molecule has 2 aromatic carbocycles. The molecule has 104 valence electrons. The second kappa shape index (κ2) is 6.16. The molecular weight excluding hydrogens is 295 g/mol. The van der Waals surface area contributed by atoms with E-state index in [1.165, 1.54) is 0 Å². The summed E-state index contributed by atoms with van der Waals surface area (Å²) in [5.41, 5.74) is 8.44. The quantitative estimate of drug-likeness (QED) is 0.896. The fraction of sp³-hybridized carbons (Fsp3) is 0.133. The van der Waals surface area contributed by atoms with Crippen LogP contribution in [0.25, 0.3) is 0 Å². The van der Waals surface area contributed by atoms with Crippen molar-refractivity contribution in [2.75, 3.05) is 5.32 Å². The second-order valence-corrected chi connectivity index (χ2v) is 5.32. The average molecular weight is 309 g/mol. The van der Waals surface area contributed by atoms with Gasteiger partial charge in [-0.2, -0.15) is 0 Å². The molecular formula is C15H14Cl2N2O. The summed E-state index contributed by atoms with van der Waals surface area (Å²) in [6.45, 7) is 2.51. The van der Waals surface area contributed by atoms with Crippen molar-refractivity contribution in [3.63, 3.8) is 0 Å². The van der Waals surface area contributed by atoms with Gasteiger partial charge in [0.15, 0.2) is 0 Å². The molecule has 0 radical (unpaired) electrons. The molecule has 0 fully saturated rings. The number of rotatable bonds is 4. The zero-order valence-corrected chi connectivity index (χ0v) is 12.4. The fourth-order valence-corrected chi connectivity index (χ4v) is 2.24. The predicted octanol–water partition coefficient (Wildman–Crippen LogP) is 4.01. The molecule has 0 heterocycles. The van der Waals surface area contributed by atoms with Crippen LogP contribution in [0.15, 0.2) is 36.4 Å². The second-order valence-electron chi connectivity index (χ2n) is 4.51. The molecule has 3 N–H and O–H groups in total. The summed E-state index contributed by atoms with van der Waals surface area (Å²) >= 11 is 12.2. The molecule has 0 aromatic heterocycles. The van der Waals surface area contributed by atoms with E-state index in [0.717, 1.165) is 16.8 Å². The van der Waals surface area contributed by atoms with Gasteiger partial charge in [-0.05, 0) is 42.3 Å². The number of nitrogens with two attached hydrogens (primary N) is 1. The molecule has 1 amide bonds. The lowest BCUT2D eigenvalue weighted by Gasteiger charge is -2.11. The number of carbonyl (C=O) groups is 1. The molecule has 0 aliphatic heterocycles. The van der Waals surface area contributed by atoms with Gasteiger partial charge in [0.05, 0.1) is 10.7 Å². The minimum Gasteiger partial charge on any atom is -0.380 e. The minimum absolute atomic E-state index is 0.396. The maximum Gasteiger partial charge on any atom is 0.248 e. The van der Waals surface area contributed by atoms with Crippen LogP contribution < -0.4 is 11.1 Å². The number of halogens is 2. The van der Waals surface area contributed by atoms with Crippen molar-refractivity contribution in [3.05, 3.63) is 63.1 Å². The van der Waals surface area contributed by atoms with E-state index in [2.05, 4.69) is 5.32 Å². The monoisotopic (exact) mass is 308 g/mol. The molecule has 20 heavy (non-hydrogen) atoms. The number of hydrogen-bond acceptors (Lipinski definition) is 2. The largest absolute Gasteiger partial charge is 0.380 e. The average Bonchev–Trinajstić information content (AvgIpc) is 2.40. The third kappa shape index (κ3) is 3.44. The molecule has 2 aromatic rings. The van der Waals surface area contributed by atoms with Crippen LogP contribution >= 0.6 is 23.2 Å². The van der Waals surface area contributed by atoms with Crippen molar-refractivity contribution in [1.82, 2.24) is 0 Å². The number of benzene rings is 2. The van der Waals surface area contributed by atoms with Crippen LogP contribution in [0.2, 0.25) is 10.0 Å². The Bertz CT molecular complexity index is 656. The SMILES string of the molecule is Cc1ccc(Cl)c(NCc2ccc(C(N)=O)cc2Cl)c1. The van der Waals surface area contributed by atoms with Gasteiger partial charge in [-0.3, -0.25) is 4.79 Å². The first-order chi connectivity index (χ1) is 9.47. The van der Waals surface area contributed by atoms with Gasteiger partial charge < -0.3 is 11.1 Å². The van der Waals surface area contributed by atoms with Gasteiger partial charge in [0, 0.05) is 17.1 Å². The number of primary amides is 1. The molecule has 0 bridgehead atoms. The molecule has 0 spiro atoms. The number of hydrogen-bond donors (Lipinski definition) is 2. The van der Waals surface area contributed by atoms with E-state index in [9.17, 15) is 4.79 Å². The van der Waals surface area contributed by atoms with Gasteiger partial charge in [0.1, 0.15) is 0 Å². The predicted molar refractivity (Wildman–Crippen MR) is 83.5 cm³/mol. The Kier molecular flexibility index (Phi) is 4.53. The lowest BCUT2D eigenvalue weighted by molar-refractivity contribution is 0.100. The van der Waals surface area contributed by atoms with E-state index < -0.39 is 5.91 Å². The Morgan fingerprint density at radius 1 is 1.15 bits per heavy atom. The summed E-state index contributed by atoms with van der Waals surface area (Å²) in [7, 11) is 0. The summed E-state index contributed by atoms with van der Waals surface area (Å²) < 4.78 is 0. The smallest absolute Gasteiger partial charge is 0.248 e. The van der Waals surface area contributed by atoms with Crippen LogP contribution in [-0.4, -0.2) is 5.91 Å². The van der Waals surface area contributed by atoms with Crippen LogP contribution in [0.5, 0.6) is 0 Å². The maximum atomic E-state index is 11.1. The number of carbonyl (C=O) groups excluding carboxylic acids is 1. The van der Waals surface area contributed by atoms with Crippen molar-refractivity contribution in [2.45, 2.75) is 13.5 Å². The van der Waals surface area contributed by atoms with Gasteiger partial charge in [0.2, 0.25) is 5.91 Å². The summed E-state index contributed by atoms with van der Waals surface area (Å²) in [6, 6.07) is 10.8. The number of aryl methyl sites for hydroxylation is 1. The lowest BCUT2D eigenvalue weighted by atomic mass is 10.1. The highest BCUT2D eigenvalue weighted by molar-refractivity contribution is 6.33. The molecule has 2 rings (SSSR count). The van der Waals surface area contributed by atoms with E-state index in [1.54, 1.807) is 18.2 Å². The first-order valence-electron chi connectivity index (χ1n) is 6.05. The zero-order valence-electron chi connectivity index (χ0n) is 10.9. The molecule has 0 saturated carbocycles. The normalized spacial score (nSPS) is 10.3. The van der Waals surface area contributed by atoms with Crippen LogP contribution in [0, 0.1) is 6.92 Å². The number of amides is 1. The zero-order chi connectivity index (χ0) is 14.7. The highest BCUT2D eigenvalue weighted by Crippen LogP contribution is 2.25. The number of nitrogens with one attached hydrogen (secondary N) is 1. The first-order valence-corrected chi connectivity index (χ1v) is 6.81. The molecule has 0 unspecified atom stereocenters. The van der Waals surface area contributed by atoms with E-state index in [4.69, 9.17) is 28.9 Å². The summed E-state index contributed by atoms with van der Waals surface area (Å²) in [6.07, 6.45) is 0. The standard InChI is InChI=1S/C15H14Cl2N2O/c1-9-2-5-12(16)14(6-9)19-8-11-4-3-10(15(18)20)7-13(11)17/h2-7,19H,8H2,1H3,(H2,18,20). The molecule has 3 nitrogen and oxygen atoms in total. The molecule has 0 atom stereocenters. The van der Waals surface area contributed by atoms with E-state index in [0.29, 0.717) is 22.2 Å². The molecule has 5 heteroatoms. The summed E-state index contributed by atoms with van der Waals surface area (Å²) in [4.78, 5) is 11.1.